The van der Waals surface area contributed by atoms with Crippen molar-refractivity contribution in [3.05, 3.63) is 29.3 Å². The van der Waals surface area contributed by atoms with Gasteiger partial charge in [0.1, 0.15) is 0 Å². The number of carbonyl (C=O) groups is 3. The molecule has 0 bridgehead atoms. The Morgan fingerprint density at radius 2 is 1.90 bits per heavy atom. The Bertz CT molecular complexity index is 598. The number of imide groups is 1. The molecule has 1 atom stereocenters. The van der Waals surface area contributed by atoms with Gasteiger partial charge in [0.25, 0.3) is 11.8 Å². The van der Waals surface area contributed by atoms with E-state index in [0.717, 1.165) is 11.4 Å². The number of amides is 3. The number of fused-ring (bicyclic) bond motifs is 1. The fourth-order valence-corrected chi connectivity index (χ4v) is 2.16. The molecule has 0 radical (unpaired) electrons. The molecule has 112 valence electrons. The van der Waals surface area contributed by atoms with Crippen molar-refractivity contribution in [1.82, 2.24) is 10.2 Å². The lowest BCUT2D eigenvalue weighted by molar-refractivity contribution is -0.119. The largest absolute Gasteiger partial charge is 0.326 e. The van der Waals surface area contributed by atoms with Crippen LogP contribution in [0.15, 0.2) is 18.2 Å². The summed E-state index contributed by atoms with van der Waals surface area (Å²) in [7, 11) is 1.45. The molecule has 0 saturated heterocycles. The summed E-state index contributed by atoms with van der Waals surface area (Å²) in [5, 5.41) is 5.88. The molecule has 3 amide bonds. The predicted molar refractivity (Wildman–Crippen MR) is 79.2 cm³/mol. The van der Waals surface area contributed by atoms with E-state index in [0.29, 0.717) is 23.4 Å². The van der Waals surface area contributed by atoms with Crippen molar-refractivity contribution < 1.29 is 14.4 Å². The molecule has 0 aliphatic carbocycles. The van der Waals surface area contributed by atoms with Gasteiger partial charge < -0.3 is 10.6 Å². The van der Waals surface area contributed by atoms with Gasteiger partial charge in [-0.05, 0) is 24.7 Å². The molecule has 6 nitrogen and oxygen atoms in total. The zero-order valence-electron chi connectivity index (χ0n) is 12.4. The lowest BCUT2D eigenvalue weighted by atomic mass is 10.1. The van der Waals surface area contributed by atoms with Crippen molar-refractivity contribution in [2.45, 2.75) is 13.8 Å². The van der Waals surface area contributed by atoms with Crippen LogP contribution >= 0.6 is 0 Å². The third-order valence-corrected chi connectivity index (χ3v) is 3.51. The summed E-state index contributed by atoms with van der Waals surface area (Å²) in [5.74, 6) is -0.959. The van der Waals surface area contributed by atoms with Crippen molar-refractivity contribution in [3.8, 4) is 0 Å². The summed E-state index contributed by atoms with van der Waals surface area (Å²) in [6.07, 6.45) is 0. The zero-order valence-corrected chi connectivity index (χ0v) is 12.4. The van der Waals surface area contributed by atoms with Crippen molar-refractivity contribution in [2.75, 3.05) is 25.5 Å². The summed E-state index contributed by atoms with van der Waals surface area (Å²) >= 11 is 0. The molecule has 0 fully saturated rings. The van der Waals surface area contributed by atoms with Crippen molar-refractivity contribution >= 4 is 23.4 Å². The van der Waals surface area contributed by atoms with Gasteiger partial charge in [-0.3, -0.25) is 19.3 Å². The van der Waals surface area contributed by atoms with Crippen LogP contribution in [0.25, 0.3) is 0 Å². The maximum absolute atomic E-state index is 12.0. The Hall–Kier alpha value is -2.21. The quantitative estimate of drug-likeness (QED) is 0.796. The van der Waals surface area contributed by atoms with E-state index in [2.05, 4.69) is 10.6 Å². The summed E-state index contributed by atoms with van der Waals surface area (Å²) in [4.78, 5) is 36.8. The van der Waals surface area contributed by atoms with Gasteiger partial charge in [-0.15, -0.1) is 0 Å². The highest BCUT2D eigenvalue weighted by atomic mass is 16.2. The average molecular weight is 289 g/mol. The van der Waals surface area contributed by atoms with Crippen molar-refractivity contribution in [1.29, 1.82) is 0 Å². The number of rotatable bonds is 5. The fourth-order valence-electron chi connectivity index (χ4n) is 2.16. The molecule has 2 rings (SSSR count). The van der Waals surface area contributed by atoms with E-state index in [1.165, 1.54) is 7.05 Å². The second-order valence-electron chi connectivity index (χ2n) is 5.13. The Morgan fingerprint density at radius 1 is 1.24 bits per heavy atom. The molecule has 1 aromatic carbocycles. The fraction of sp³-hybridized carbons (Fsp3) is 0.400. The molecular weight excluding hydrogens is 270 g/mol. The molecule has 1 aromatic rings. The zero-order chi connectivity index (χ0) is 15.6. The first-order valence-electron chi connectivity index (χ1n) is 6.93. The topological polar surface area (TPSA) is 78.5 Å². The van der Waals surface area contributed by atoms with Gasteiger partial charge in [0.05, 0.1) is 11.1 Å². The summed E-state index contributed by atoms with van der Waals surface area (Å²) < 4.78 is 0. The number of anilines is 1. The summed E-state index contributed by atoms with van der Waals surface area (Å²) in [6.45, 7) is 5.20. The van der Waals surface area contributed by atoms with Gasteiger partial charge in [0.15, 0.2) is 0 Å². The van der Waals surface area contributed by atoms with E-state index in [4.69, 9.17) is 0 Å². The van der Waals surface area contributed by atoms with E-state index in [9.17, 15) is 14.4 Å². The first kappa shape index (κ1) is 15.2. The highest BCUT2D eigenvalue weighted by Gasteiger charge is 2.32. The van der Waals surface area contributed by atoms with Gasteiger partial charge in [-0.2, -0.15) is 0 Å². The molecule has 2 N–H and O–H groups in total. The molecule has 21 heavy (non-hydrogen) atoms. The molecule has 1 unspecified atom stereocenters. The predicted octanol–water partition coefficient (Wildman–Crippen LogP) is 1.10. The minimum absolute atomic E-state index is 0.124. The molecule has 0 saturated carbocycles. The monoisotopic (exact) mass is 289 g/mol. The maximum Gasteiger partial charge on any atom is 0.261 e. The SMILES string of the molecule is CCNCC(C)C(=O)Nc1ccc2c(c1)C(=O)N(C)C2=O. The summed E-state index contributed by atoms with van der Waals surface area (Å²) in [6, 6.07) is 4.77. The number of nitrogens with one attached hydrogen (secondary N) is 2. The van der Waals surface area contributed by atoms with Crippen LogP contribution in [0.4, 0.5) is 5.69 Å². The number of hydrogen-bond donors (Lipinski definition) is 2. The maximum atomic E-state index is 12.0. The molecule has 0 spiro atoms. The number of carbonyl (C=O) groups excluding carboxylic acids is 3. The van der Waals surface area contributed by atoms with E-state index >= 15 is 0 Å². The molecule has 0 aromatic heterocycles. The van der Waals surface area contributed by atoms with Gasteiger partial charge in [-0.1, -0.05) is 13.8 Å². The Kier molecular flexibility index (Phi) is 4.37. The van der Waals surface area contributed by atoms with Crippen LogP contribution in [0, 0.1) is 5.92 Å². The van der Waals surface area contributed by atoms with Crippen molar-refractivity contribution in [2.24, 2.45) is 5.92 Å². The third kappa shape index (κ3) is 2.95. The first-order chi connectivity index (χ1) is 9.95. The Balaban J connectivity index is 2.12. The van der Waals surface area contributed by atoms with E-state index in [-0.39, 0.29) is 23.6 Å². The van der Waals surface area contributed by atoms with Crippen LogP contribution in [0.3, 0.4) is 0 Å². The minimum Gasteiger partial charge on any atom is -0.326 e. The van der Waals surface area contributed by atoms with E-state index < -0.39 is 0 Å². The Morgan fingerprint density at radius 3 is 2.57 bits per heavy atom. The van der Waals surface area contributed by atoms with Crippen LogP contribution in [-0.2, 0) is 4.79 Å². The van der Waals surface area contributed by atoms with Crippen LogP contribution in [-0.4, -0.2) is 42.8 Å². The first-order valence-corrected chi connectivity index (χ1v) is 6.93. The van der Waals surface area contributed by atoms with Gasteiger partial charge >= 0.3 is 0 Å². The number of hydrogen-bond acceptors (Lipinski definition) is 4. The molecule has 1 aliphatic heterocycles. The molecule has 6 heteroatoms. The number of nitrogens with zero attached hydrogens (tertiary/aromatic N) is 1. The normalized spacial score (nSPS) is 15.1. The third-order valence-electron chi connectivity index (χ3n) is 3.51. The van der Waals surface area contributed by atoms with E-state index in [1.807, 2.05) is 13.8 Å². The minimum atomic E-state index is -0.341. The van der Waals surface area contributed by atoms with Gasteiger partial charge in [0, 0.05) is 25.2 Å². The van der Waals surface area contributed by atoms with Crippen molar-refractivity contribution in [3.63, 3.8) is 0 Å². The lowest BCUT2D eigenvalue weighted by Crippen LogP contribution is -2.30. The van der Waals surface area contributed by atoms with E-state index in [1.54, 1.807) is 18.2 Å². The number of benzene rings is 1. The second kappa shape index (κ2) is 6.05. The smallest absolute Gasteiger partial charge is 0.261 e. The van der Waals surface area contributed by atoms with Gasteiger partial charge in [-0.25, -0.2) is 0 Å². The average Bonchev–Trinajstić information content (AvgIpc) is 2.69. The second-order valence-corrected chi connectivity index (χ2v) is 5.13. The highest BCUT2D eigenvalue weighted by molar-refractivity contribution is 6.21. The van der Waals surface area contributed by atoms with Gasteiger partial charge in [0.2, 0.25) is 5.91 Å². The molecule has 1 aliphatic rings. The van der Waals surface area contributed by atoms with Crippen LogP contribution < -0.4 is 10.6 Å². The summed E-state index contributed by atoms with van der Waals surface area (Å²) in [5.41, 5.74) is 1.24. The van der Waals surface area contributed by atoms with Crippen LogP contribution in [0.1, 0.15) is 34.6 Å². The molecule has 1 heterocycles. The van der Waals surface area contributed by atoms with Crippen LogP contribution in [0.5, 0.6) is 0 Å². The molecular formula is C15H19N3O3. The Labute approximate surface area is 123 Å². The lowest BCUT2D eigenvalue weighted by Gasteiger charge is -2.12. The van der Waals surface area contributed by atoms with Crippen LogP contribution in [0.2, 0.25) is 0 Å². The highest BCUT2D eigenvalue weighted by Crippen LogP contribution is 2.24. The standard InChI is InChI=1S/C15H19N3O3/c1-4-16-8-9(2)13(19)17-10-5-6-11-12(7-10)15(21)18(3)14(11)20/h5-7,9,16H,4,8H2,1-3H3,(H,17,19).